The Hall–Kier alpha value is -1.74. The normalized spacial score (nSPS) is 23.7. The fourth-order valence-electron chi connectivity index (χ4n) is 2.81. The molecule has 0 aromatic carbocycles. The Morgan fingerprint density at radius 3 is 2.78 bits per heavy atom. The van der Waals surface area contributed by atoms with Gasteiger partial charge >= 0.3 is 0 Å². The molecular weight excluding hydrogens is 320 g/mol. The molecule has 0 N–H and O–H groups in total. The summed E-state index contributed by atoms with van der Waals surface area (Å²) in [5, 5.41) is 0. The van der Waals surface area contributed by atoms with Crippen molar-refractivity contribution in [3.8, 4) is 0 Å². The van der Waals surface area contributed by atoms with Crippen LogP contribution in [0.2, 0.25) is 0 Å². The number of morpholine rings is 1. The first-order valence-electron chi connectivity index (χ1n) is 7.59. The van der Waals surface area contributed by atoms with Crippen LogP contribution in [0.15, 0.2) is 12.3 Å². The highest BCUT2D eigenvalue weighted by atomic mass is 32.2. The van der Waals surface area contributed by atoms with E-state index < -0.39 is 9.84 Å². The standard InChI is InChI=1S/C14H20N4O4S/c1-17(11-3-9-23(20,21)10-11)13(19)12-2-4-15-14(16-12)18-5-7-22-8-6-18/h2,4,11H,3,5-10H2,1H3. The minimum atomic E-state index is -3.03. The van der Waals surface area contributed by atoms with Crippen molar-refractivity contribution in [3.63, 3.8) is 0 Å². The molecule has 0 spiro atoms. The quantitative estimate of drug-likeness (QED) is 0.737. The Morgan fingerprint density at radius 2 is 2.13 bits per heavy atom. The Labute approximate surface area is 135 Å². The molecule has 1 atom stereocenters. The Kier molecular flexibility index (Phi) is 4.49. The van der Waals surface area contributed by atoms with E-state index in [4.69, 9.17) is 4.74 Å². The molecule has 0 aliphatic carbocycles. The summed E-state index contributed by atoms with van der Waals surface area (Å²) in [6.07, 6.45) is 2.04. The average Bonchev–Trinajstić information content (AvgIpc) is 2.94. The predicted octanol–water partition coefficient (Wildman–Crippen LogP) is -0.428. The zero-order chi connectivity index (χ0) is 16.4. The maximum Gasteiger partial charge on any atom is 0.272 e. The minimum Gasteiger partial charge on any atom is -0.378 e. The number of anilines is 1. The number of hydrogen-bond donors (Lipinski definition) is 0. The van der Waals surface area contributed by atoms with Gasteiger partial charge in [0.05, 0.1) is 24.7 Å². The number of hydrogen-bond acceptors (Lipinski definition) is 7. The summed E-state index contributed by atoms with van der Waals surface area (Å²) in [5.41, 5.74) is 0.285. The number of amides is 1. The Morgan fingerprint density at radius 1 is 1.39 bits per heavy atom. The molecule has 1 aromatic rings. The van der Waals surface area contributed by atoms with Gasteiger partial charge in [-0.3, -0.25) is 4.79 Å². The first-order chi connectivity index (χ1) is 11.0. The van der Waals surface area contributed by atoms with Crippen molar-refractivity contribution < 1.29 is 17.9 Å². The van der Waals surface area contributed by atoms with Gasteiger partial charge < -0.3 is 14.5 Å². The monoisotopic (exact) mass is 340 g/mol. The van der Waals surface area contributed by atoms with Gasteiger partial charge in [-0.15, -0.1) is 0 Å². The molecule has 1 aromatic heterocycles. The summed E-state index contributed by atoms with van der Waals surface area (Å²) in [6.45, 7) is 2.60. The Bertz CT molecular complexity index is 688. The lowest BCUT2D eigenvalue weighted by atomic mass is 10.2. The van der Waals surface area contributed by atoms with Crippen LogP contribution in [-0.2, 0) is 14.6 Å². The third-order valence-corrected chi connectivity index (χ3v) is 5.98. The largest absolute Gasteiger partial charge is 0.378 e. The second-order valence-electron chi connectivity index (χ2n) is 5.81. The van der Waals surface area contributed by atoms with Gasteiger partial charge in [0.2, 0.25) is 5.95 Å². The molecule has 23 heavy (non-hydrogen) atoms. The number of carbonyl (C=O) groups is 1. The molecule has 3 heterocycles. The maximum atomic E-state index is 12.6. The van der Waals surface area contributed by atoms with E-state index in [1.54, 1.807) is 19.3 Å². The van der Waals surface area contributed by atoms with Gasteiger partial charge in [0.25, 0.3) is 5.91 Å². The highest BCUT2D eigenvalue weighted by molar-refractivity contribution is 7.91. The maximum absolute atomic E-state index is 12.6. The summed E-state index contributed by atoms with van der Waals surface area (Å²) < 4.78 is 28.5. The van der Waals surface area contributed by atoms with Crippen LogP contribution < -0.4 is 4.90 Å². The summed E-state index contributed by atoms with van der Waals surface area (Å²) >= 11 is 0. The highest BCUT2D eigenvalue weighted by Crippen LogP contribution is 2.18. The molecule has 1 unspecified atom stereocenters. The fraction of sp³-hybridized carbons (Fsp3) is 0.643. The van der Waals surface area contributed by atoms with E-state index in [0.29, 0.717) is 38.7 Å². The third kappa shape index (κ3) is 3.61. The predicted molar refractivity (Wildman–Crippen MR) is 84.2 cm³/mol. The van der Waals surface area contributed by atoms with E-state index in [0.717, 1.165) is 0 Å². The van der Waals surface area contributed by atoms with E-state index in [1.807, 2.05) is 4.90 Å². The smallest absolute Gasteiger partial charge is 0.272 e. The van der Waals surface area contributed by atoms with E-state index in [-0.39, 0.29) is 29.1 Å². The molecular formula is C14H20N4O4S. The SMILES string of the molecule is CN(C(=O)c1ccnc(N2CCOCC2)n1)C1CCS(=O)(=O)C1. The van der Waals surface area contributed by atoms with E-state index in [2.05, 4.69) is 9.97 Å². The summed E-state index contributed by atoms with van der Waals surface area (Å²) in [7, 11) is -1.40. The molecule has 2 aliphatic rings. The topological polar surface area (TPSA) is 92.7 Å². The lowest BCUT2D eigenvalue weighted by molar-refractivity contribution is 0.0741. The van der Waals surface area contributed by atoms with Gasteiger partial charge in [-0.2, -0.15) is 0 Å². The molecule has 2 saturated heterocycles. The molecule has 0 radical (unpaired) electrons. The van der Waals surface area contributed by atoms with Crippen LogP contribution in [0, 0.1) is 0 Å². The Balaban J connectivity index is 1.74. The second-order valence-corrected chi connectivity index (χ2v) is 8.04. The highest BCUT2D eigenvalue weighted by Gasteiger charge is 2.33. The molecule has 126 valence electrons. The lowest BCUT2D eigenvalue weighted by Gasteiger charge is -2.27. The number of rotatable bonds is 3. The number of aromatic nitrogens is 2. The first-order valence-corrected chi connectivity index (χ1v) is 9.42. The van der Waals surface area contributed by atoms with Gasteiger partial charge in [-0.25, -0.2) is 18.4 Å². The number of ether oxygens (including phenoxy) is 1. The van der Waals surface area contributed by atoms with Gasteiger partial charge in [0.15, 0.2) is 9.84 Å². The van der Waals surface area contributed by atoms with E-state index in [1.165, 1.54) is 4.90 Å². The van der Waals surface area contributed by atoms with Crippen LogP contribution >= 0.6 is 0 Å². The van der Waals surface area contributed by atoms with Crippen molar-refractivity contribution in [2.45, 2.75) is 12.5 Å². The number of sulfone groups is 1. The number of nitrogens with zero attached hydrogens (tertiary/aromatic N) is 4. The average molecular weight is 340 g/mol. The molecule has 9 heteroatoms. The van der Waals surface area contributed by atoms with Crippen molar-refractivity contribution in [3.05, 3.63) is 18.0 Å². The summed E-state index contributed by atoms with van der Waals surface area (Å²) in [6, 6.07) is 1.28. The van der Waals surface area contributed by atoms with Crippen LogP contribution in [0.25, 0.3) is 0 Å². The van der Waals surface area contributed by atoms with Gasteiger partial charge in [-0.05, 0) is 12.5 Å². The van der Waals surface area contributed by atoms with Crippen molar-refractivity contribution in [1.82, 2.24) is 14.9 Å². The third-order valence-electron chi connectivity index (χ3n) is 4.23. The summed E-state index contributed by atoms with van der Waals surface area (Å²) in [5.74, 6) is 0.393. The second kappa shape index (κ2) is 6.40. The lowest BCUT2D eigenvalue weighted by Crippen LogP contribution is -2.39. The van der Waals surface area contributed by atoms with Crippen molar-refractivity contribution >= 4 is 21.7 Å². The van der Waals surface area contributed by atoms with Crippen molar-refractivity contribution in [1.29, 1.82) is 0 Å². The molecule has 0 bridgehead atoms. The first kappa shape index (κ1) is 16.1. The van der Waals surface area contributed by atoms with Crippen LogP contribution in [0.3, 0.4) is 0 Å². The number of carbonyl (C=O) groups excluding carboxylic acids is 1. The molecule has 2 aliphatic heterocycles. The molecule has 2 fully saturated rings. The zero-order valence-electron chi connectivity index (χ0n) is 13.0. The molecule has 0 saturated carbocycles. The van der Waals surface area contributed by atoms with E-state index in [9.17, 15) is 13.2 Å². The molecule has 8 nitrogen and oxygen atoms in total. The van der Waals surface area contributed by atoms with Crippen LogP contribution in [0.4, 0.5) is 5.95 Å². The van der Waals surface area contributed by atoms with Crippen molar-refractivity contribution in [2.75, 3.05) is 49.8 Å². The van der Waals surface area contributed by atoms with Crippen LogP contribution in [0.1, 0.15) is 16.9 Å². The minimum absolute atomic E-state index is 0.0244. The summed E-state index contributed by atoms with van der Waals surface area (Å²) in [4.78, 5) is 24.6. The molecule has 3 rings (SSSR count). The van der Waals surface area contributed by atoms with Crippen molar-refractivity contribution in [2.24, 2.45) is 0 Å². The molecule has 1 amide bonds. The van der Waals surface area contributed by atoms with Gasteiger partial charge in [0, 0.05) is 32.4 Å². The van der Waals surface area contributed by atoms with Gasteiger partial charge in [-0.1, -0.05) is 0 Å². The van der Waals surface area contributed by atoms with Crippen LogP contribution in [-0.4, -0.2) is 80.1 Å². The van der Waals surface area contributed by atoms with Crippen LogP contribution in [0.5, 0.6) is 0 Å². The van der Waals surface area contributed by atoms with Gasteiger partial charge in [0.1, 0.15) is 5.69 Å². The zero-order valence-corrected chi connectivity index (χ0v) is 13.8. The fourth-order valence-corrected chi connectivity index (χ4v) is 4.58. The van der Waals surface area contributed by atoms with E-state index >= 15 is 0 Å².